The lowest BCUT2D eigenvalue weighted by molar-refractivity contribution is -0.121. The second kappa shape index (κ2) is 6.56. The fraction of sp³-hybridized carbons (Fsp3) is 0.533. The topological polar surface area (TPSA) is 63.2 Å². The van der Waals surface area contributed by atoms with Crippen LogP contribution in [0.2, 0.25) is 0 Å². The fourth-order valence-corrected chi connectivity index (χ4v) is 3.82. The Bertz CT molecular complexity index is 609. The zero-order valence-corrected chi connectivity index (χ0v) is 12.8. The molecule has 1 N–H and O–H groups in total. The van der Waals surface area contributed by atoms with Gasteiger partial charge in [-0.15, -0.1) is 0 Å². The maximum atomic E-state index is 13.5. The third kappa shape index (κ3) is 4.03. The van der Waals surface area contributed by atoms with Crippen molar-refractivity contribution < 1.29 is 17.6 Å². The van der Waals surface area contributed by atoms with Crippen LogP contribution in [0.5, 0.6) is 0 Å². The number of benzene rings is 1. The van der Waals surface area contributed by atoms with Crippen LogP contribution in [0.3, 0.4) is 0 Å². The second-order valence-electron chi connectivity index (χ2n) is 5.53. The summed E-state index contributed by atoms with van der Waals surface area (Å²) in [6.45, 7) is 1.36. The lowest BCUT2D eigenvalue weighted by atomic mass is 10.2. The van der Waals surface area contributed by atoms with Gasteiger partial charge in [-0.2, -0.15) is 0 Å². The number of nitrogens with one attached hydrogen (secondary N) is 1. The maximum absolute atomic E-state index is 13.5. The highest BCUT2D eigenvalue weighted by molar-refractivity contribution is 7.92. The highest BCUT2D eigenvalue weighted by Gasteiger charge is 2.30. The van der Waals surface area contributed by atoms with Crippen LogP contribution in [0.4, 0.5) is 4.39 Å². The van der Waals surface area contributed by atoms with E-state index in [9.17, 15) is 17.6 Å². The van der Waals surface area contributed by atoms with E-state index < -0.39 is 32.6 Å². The van der Waals surface area contributed by atoms with Crippen molar-refractivity contribution in [1.29, 1.82) is 0 Å². The first-order chi connectivity index (χ1) is 9.90. The predicted octanol–water partition coefficient (Wildman–Crippen LogP) is 2.19. The quantitative estimate of drug-likeness (QED) is 0.906. The summed E-state index contributed by atoms with van der Waals surface area (Å²) in [6, 6.07) is 5.80. The van der Waals surface area contributed by atoms with Crippen LogP contribution < -0.4 is 5.32 Å². The van der Waals surface area contributed by atoms with Gasteiger partial charge >= 0.3 is 0 Å². The normalized spacial score (nSPS) is 17.6. The molecule has 21 heavy (non-hydrogen) atoms. The van der Waals surface area contributed by atoms with Crippen molar-refractivity contribution in [3.05, 3.63) is 35.6 Å². The average Bonchev–Trinajstić information content (AvgIpc) is 2.93. The highest BCUT2D eigenvalue weighted by atomic mass is 32.2. The van der Waals surface area contributed by atoms with E-state index in [0.29, 0.717) is 0 Å². The van der Waals surface area contributed by atoms with E-state index in [4.69, 9.17) is 0 Å². The molecule has 1 atom stereocenters. The van der Waals surface area contributed by atoms with Crippen LogP contribution in [0, 0.1) is 5.82 Å². The van der Waals surface area contributed by atoms with Gasteiger partial charge in [-0.1, -0.05) is 31.0 Å². The molecule has 0 spiro atoms. The molecule has 1 aromatic rings. The van der Waals surface area contributed by atoms with Gasteiger partial charge in [-0.3, -0.25) is 4.79 Å². The lowest BCUT2D eigenvalue weighted by Gasteiger charge is -2.17. The van der Waals surface area contributed by atoms with Gasteiger partial charge in [0.05, 0.1) is 5.75 Å². The minimum atomic E-state index is -3.73. The Morgan fingerprint density at radius 1 is 1.33 bits per heavy atom. The number of rotatable bonds is 5. The first-order valence-electron chi connectivity index (χ1n) is 7.15. The Kier molecular flexibility index (Phi) is 4.98. The van der Waals surface area contributed by atoms with Gasteiger partial charge in [-0.05, 0) is 25.8 Å². The van der Waals surface area contributed by atoms with Crippen LogP contribution in [-0.4, -0.2) is 25.6 Å². The summed E-state index contributed by atoms with van der Waals surface area (Å²) >= 11 is 0. The molecule has 0 unspecified atom stereocenters. The number of sulfone groups is 1. The molecule has 0 aliphatic heterocycles. The zero-order chi connectivity index (χ0) is 15.5. The maximum Gasteiger partial charge on any atom is 0.238 e. The van der Waals surface area contributed by atoms with Crippen molar-refractivity contribution in [3.63, 3.8) is 0 Å². The zero-order valence-electron chi connectivity index (χ0n) is 12.0. The molecule has 6 heteroatoms. The lowest BCUT2D eigenvalue weighted by Crippen LogP contribution is -2.42. The Balaban J connectivity index is 2.04. The van der Waals surface area contributed by atoms with E-state index in [1.54, 1.807) is 6.07 Å². The van der Waals surface area contributed by atoms with Crippen LogP contribution in [0.1, 0.15) is 38.2 Å². The second-order valence-corrected chi connectivity index (χ2v) is 7.85. The number of hydrogen-bond acceptors (Lipinski definition) is 3. The van der Waals surface area contributed by atoms with E-state index in [1.807, 2.05) is 0 Å². The monoisotopic (exact) mass is 313 g/mol. The number of carbonyl (C=O) groups is 1. The van der Waals surface area contributed by atoms with Gasteiger partial charge in [0.1, 0.15) is 11.1 Å². The minimum Gasteiger partial charge on any atom is -0.352 e. The molecule has 1 aromatic carbocycles. The molecule has 0 saturated heterocycles. The van der Waals surface area contributed by atoms with Gasteiger partial charge < -0.3 is 5.32 Å². The SMILES string of the molecule is C[C@@H](C(=O)NC1CCCC1)S(=O)(=O)Cc1ccccc1F. The first-order valence-corrected chi connectivity index (χ1v) is 8.87. The van der Waals surface area contributed by atoms with Gasteiger partial charge in [0, 0.05) is 11.6 Å². The Morgan fingerprint density at radius 2 is 1.95 bits per heavy atom. The van der Waals surface area contributed by atoms with Crippen molar-refractivity contribution >= 4 is 15.7 Å². The summed E-state index contributed by atoms with van der Waals surface area (Å²) in [6.07, 6.45) is 3.90. The van der Waals surface area contributed by atoms with E-state index >= 15 is 0 Å². The van der Waals surface area contributed by atoms with Crippen molar-refractivity contribution in [2.45, 2.75) is 49.7 Å². The molecule has 2 rings (SSSR count). The van der Waals surface area contributed by atoms with E-state index in [2.05, 4.69) is 5.32 Å². The van der Waals surface area contributed by atoms with Crippen molar-refractivity contribution in [1.82, 2.24) is 5.32 Å². The average molecular weight is 313 g/mol. The van der Waals surface area contributed by atoms with Crippen LogP contribution >= 0.6 is 0 Å². The third-order valence-corrected chi connectivity index (χ3v) is 5.93. The molecule has 1 fully saturated rings. The number of hydrogen-bond donors (Lipinski definition) is 1. The molecular weight excluding hydrogens is 293 g/mol. The molecule has 4 nitrogen and oxygen atoms in total. The largest absolute Gasteiger partial charge is 0.352 e. The number of amides is 1. The molecule has 0 radical (unpaired) electrons. The summed E-state index contributed by atoms with van der Waals surface area (Å²) < 4.78 is 38.0. The van der Waals surface area contributed by atoms with E-state index in [-0.39, 0.29) is 11.6 Å². The Hall–Kier alpha value is -1.43. The summed E-state index contributed by atoms with van der Waals surface area (Å²) in [5.41, 5.74) is 0.0954. The molecule has 0 bridgehead atoms. The standard InChI is InChI=1S/C15H20FNO3S/c1-11(15(18)17-13-7-3-4-8-13)21(19,20)10-12-6-2-5-9-14(12)16/h2,5-6,9,11,13H,3-4,7-8,10H2,1H3,(H,17,18)/t11-/m0/s1. The Labute approximate surface area is 124 Å². The van der Waals surface area contributed by atoms with Gasteiger partial charge in [-0.25, -0.2) is 12.8 Å². The predicted molar refractivity (Wildman–Crippen MR) is 78.9 cm³/mol. The van der Waals surface area contributed by atoms with Gasteiger partial charge in [0.2, 0.25) is 5.91 Å². The molecule has 1 aliphatic rings. The Morgan fingerprint density at radius 3 is 2.57 bits per heavy atom. The number of halogens is 1. The summed E-state index contributed by atoms with van der Waals surface area (Å²) in [4.78, 5) is 12.0. The molecule has 0 aromatic heterocycles. The van der Waals surface area contributed by atoms with Gasteiger partial charge in [0.25, 0.3) is 0 Å². The minimum absolute atomic E-state index is 0.0728. The van der Waals surface area contributed by atoms with Gasteiger partial charge in [0.15, 0.2) is 9.84 Å². The first kappa shape index (κ1) is 15.9. The highest BCUT2D eigenvalue weighted by Crippen LogP contribution is 2.19. The van der Waals surface area contributed by atoms with E-state index in [0.717, 1.165) is 25.7 Å². The fourth-order valence-electron chi connectivity index (χ4n) is 2.51. The van der Waals surface area contributed by atoms with E-state index in [1.165, 1.54) is 25.1 Å². The molecule has 1 amide bonds. The van der Waals surface area contributed by atoms with Crippen LogP contribution in [-0.2, 0) is 20.4 Å². The summed E-state index contributed by atoms with van der Waals surface area (Å²) in [7, 11) is -3.73. The smallest absolute Gasteiger partial charge is 0.238 e. The summed E-state index contributed by atoms with van der Waals surface area (Å²) in [5.74, 6) is -1.51. The van der Waals surface area contributed by atoms with Crippen LogP contribution in [0.25, 0.3) is 0 Å². The summed E-state index contributed by atoms with van der Waals surface area (Å²) in [5, 5.41) is 1.60. The number of carbonyl (C=O) groups excluding carboxylic acids is 1. The van der Waals surface area contributed by atoms with Crippen molar-refractivity contribution in [2.24, 2.45) is 0 Å². The molecule has 116 valence electrons. The third-order valence-electron chi connectivity index (χ3n) is 3.92. The molecule has 0 heterocycles. The van der Waals surface area contributed by atoms with Crippen LogP contribution in [0.15, 0.2) is 24.3 Å². The molecule has 1 aliphatic carbocycles. The van der Waals surface area contributed by atoms with Crippen molar-refractivity contribution in [2.75, 3.05) is 0 Å². The van der Waals surface area contributed by atoms with Crippen molar-refractivity contribution in [3.8, 4) is 0 Å². The molecular formula is C15H20FNO3S. The molecule has 1 saturated carbocycles.